The van der Waals surface area contributed by atoms with E-state index in [1.54, 1.807) is 0 Å². The van der Waals surface area contributed by atoms with Gasteiger partial charge >= 0.3 is 0 Å². The molecule has 0 bridgehead atoms. The summed E-state index contributed by atoms with van der Waals surface area (Å²) in [6, 6.07) is 48.3. The third kappa shape index (κ3) is 5.05. The van der Waals surface area contributed by atoms with Gasteiger partial charge in [0.2, 0.25) is 0 Å². The van der Waals surface area contributed by atoms with Gasteiger partial charge in [0.05, 0.1) is 28.2 Å². The van der Waals surface area contributed by atoms with E-state index in [1.165, 1.54) is 16.7 Å². The smallest absolute Gasteiger partial charge is 0.160 e. The lowest BCUT2D eigenvalue weighted by Gasteiger charge is -2.17. The van der Waals surface area contributed by atoms with Gasteiger partial charge in [0.15, 0.2) is 5.82 Å². The largest absolute Gasteiger partial charge is 0.309 e. The number of rotatable bonds is 5. The zero-order chi connectivity index (χ0) is 32.0. The number of hydrogen-bond donors (Lipinski definition) is 0. The van der Waals surface area contributed by atoms with Gasteiger partial charge in [0, 0.05) is 27.8 Å². The van der Waals surface area contributed by atoms with E-state index in [1.807, 2.05) is 36.4 Å². The van der Waals surface area contributed by atoms with Crippen molar-refractivity contribution in [3.63, 3.8) is 0 Å². The number of nitrogens with zero attached hydrogens (tertiary/aromatic N) is 3. The summed E-state index contributed by atoms with van der Waals surface area (Å²) in [5.41, 5.74) is 13.0. The van der Waals surface area contributed by atoms with Crippen LogP contribution < -0.4 is 0 Å². The molecule has 0 aliphatic heterocycles. The molecule has 0 atom stereocenters. The normalized spacial score (nSPS) is 14.3. The quantitative estimate of drug-likeness (QED) is 0.183. The number of para-hydroxylation sites is 1. The van der Waals surface area contributed by atoms with E-state index in [2.05, 4.69) is 134 Å². The van der Waals surface area contributed by atoms with Crippen molar-refractivity contribution in [2.24, 2.45) is 0 Å². The number of fused-ring (bicyclic) bond motifs is 2. The molecule has 0 saturated heterocycles. The second-order valence-corrected chi connectivity index (χ2v) is 12.8. The molecule has 1 aliphatic carbocycles. The van der Waals surface area contributed by atoms with Gasteiger partial charge in [-0.3, -0.25) is 0 Å². The van der Waals surface area contributed by atoms with Crippen molar-refractivity contribution in [2.75, 3.05) is 0 Å². The summed E-state index contributed by atoms with van der Waals surface area (Å²) in [4.78, 5) is 9.99. The fourth-order valence-corrected chi connectivity index (χ4v) is 6.99. The second kappa shape index (κ2) is 11.4. The average molecular weight is 604 g/mol. The fraction of sp³-hybridized carbons (Fsp3) is 0.0909. The SMILES string of the molecule is C#Cc1c(/C=C2\CC(C)(C)c3ccccc32)n(-c2ccc(-c3cc(-c4ccccc4)nc(-c4ccccc4)n3)cc2)c2ccccc12. The first-order chi connectivity index (χ1) is 23.0. The third-order valence-corrected chi connectivity index (χ3v) is 9.25. The van der Waals surface area contributed by atoms with E-state index >= 15 is 0 Å². The zero-order valence-electron chi connectivity index (χ0n) is 26.5. The summed E-state index contributed by atoms with van der Waals surface area (Å²) in [7, 11) is 0. The van der Waals surface area contributed by atoms with Crippen LogP contribution in [0.1, 0.15) is 42.7 Å². The van der Waals surface area contributed by atoms with Gasteiger partial charge in [-0.2, -0.15) is 0 Å². The van der Waals surface area contributed by atoms with Crippen LogP contribution in [-0.4, -0.2) is 14.5 Å². The Hall–Kier alpha value is -5.98. The Morgan fingerprint density at radius 3 is 1.98 bits per heavy atom. The number of benzene rings is 5. The van der Waals surface area contributed by atoms with Crippen LogP contribution >= 0.6 is 0 Å². The lowest BCUT2D eigenvalue weighted by atomic mass is 9.86. The minimum Gasteiger partial charge on any atom is -0.309 e. The Morgan fingerprint density at radius 1 is 0.681 bits per heavy atom. The molecule has 0 amide bonds. The van der Waals surface area contributed by atoms with Crippen molar-refractivity contribution in [1.29, 1.82) is 0 Å². The molecule has 0 saturated carbocycles. The van der Waals surface area contributed by atoms with Crippen LogP contribution in [0.4, 0.5) is 0 Å². The highest BCUT2D eigenvalue weighted by Crippen LogP contribution is 2.46. The maximum absolute atomic E-state index is 6.25. The maximum atomic E-state index is 6.25. The topological polar surface area (TPSA) is 30.7 Å². The van der Waals surface area contributed by atoms with Gasteiger partial charge in [-0.25, -0.2) is 9.97 Å². The molecule has 47 heavy (non-hydrogen) atoms. The molecular formula is C44H33N3. The summed E-state index contributed by atoms with van der Waals surface area (Å²) < 4.78 is 2.31. The Labute approximate surface area is 275 Å². The summed E-state index contributed by atoms with van der Waals surface area (Å²) >= 11 is 0. The standard InChI is InChI=1S/C44H33N3/c1-4-35-37-20-12-14-22-41(37)47(42(35)27-33-29-44(2,3)38-21-13-11-19-36(33)38)34-25-23-31(24-26-34)40-28-39(30-15-7-5-8-16-30)45-43(46-40)32-17-9-6-10-18-32/h1,5-28H,29H2,2-3H3/b33-27+. The predicted molar refractivity (Wildman–Crippen MR) is 195 cm³/mol. The van der Waals surface area contributed by atoms with Crippen molar-refractivity contribution >= 4 is 22.6 Å². The molecule has 0 N–H and O–H groups in total. The summed E-state index contributed by atoms with van der Waals surface area (Å²) in [6.45, 7) is 4.64. The van der Waals surface area contributed by atoms with E-state index in [9.17, 15) is 0 Å². The van der Waals surface area contributed by atoms with Gasteiger partial charge in [0.25, 0.3) is 0 Å². The molecule has 3 nitrogen and oxygen atoms in total. The maximum Gasteiger partial charge on any atom is 0.160 e. The molecule has 2 heterocycles. The van der Waals surface area contributed by atoms with Gasteiger partial charge in [0.1, 0.15) is 0 Å². The van der Waals surface area contributed by atoms with Crippen molar-refractivity contribution < 1.29 is 0 Å². The van der Waals surface area contributed by atoms with Gasteiger partial charge in [-0.1, -0.05) is 135 Å². The van der Waals surface area contributed by atoms with Crippen LogP contribution in [0, 0.1) is 12.3 Å². The molecule has 224 valence electrons. The monoisotopic (exact) mass is 603 g/mol. The minimum atomic E-state index is 0.0615. The first-order valence-corrected chi connectivity index (χ1v) is 16.0. The van der Waals surface area contributed by atoms with Crippen LogP contribution in [0.25, 0.3) is 62.1 Å². The van der Waals surface area contributed by atoms with Crippen LogP contribution in [0.5, 0.6) is 0 Å². The third-order valence-electron chi connectivity index (χ3n) is 9.25. The van der Waals surface area contributed by atoms with E-state index in [0.717, 1.165) is 62.3 Å². The molecule has 1 aliphatic rings. The first kappa shape index (κ1) is 28.5. The molecule has 0 radical (unpaired) electrons. The highest BCUT2D eigenvalue weighted by atomic mass is 15.0. The van der Waals surface area contributed by atoms with Gasteiger partial charge in [-0.15, -0.1) is 6.42 Å². The van der Waals surface area contributed by atoms with Gasteiger partial charge in [-0.05, 0) is 58.9 Å². The molecule has 2 aromatic heterocycles. The number of terminal acetylenes is 1. The van der Waals surface area contributed by atoms with Crippen molar-refractivity contribution in [1.82, 2.24) is 14.5 Å². The Balaban J connectivity index is 1.27. The number of aromatic nitrogens is 3. The summed E-state index contributed by atoms with van der Waals surface area (Å²) in [5.74, 6) is 3.75. The van der Waals surface area contributed by atoms with Crippen LogP contribution in [0.15, 0.2) is 140 Å². The van der Waals surface area contributed by atoms with E-state index in [0.29, 0.717) is 5.82 Å². The highest BCUT2D eigenvalue weighted by molar-refractivity contribution is 5.97. The highest BCUT2D eigenvalue weighted by Gasteiger charge is 2.33. The molecule has 5 aromatic carbocycles. The van der Waals surface area contributed by atoms with E-state index < -0.39 is 0 Å². The second-order valence-electron chi connectivity index (χ2n) is 12.8. The molecule has 7 aromatic rings. The molecule has 0 spiro atoms. The molecular weight excluding hydrogens is 571 g/mol. The number of hydrogen-bond acceptors (Lipinski definition) is 2. The summed E-state index contributed by atoms with van der Waals surface area (Å²) in [6.07, 6.45) is 9.52. The molecule has 0 fully saturated rings. The van der Waals surface area contributed by atoms with E-state index in [4.69, 9.17) is 16.4 Å². The lowest BCUT2D eigenvalue weighted by Crippen LogP contribution is -2.11. The molecule has 0 unspecified atom stereocenters. The van der Waals surface area contributed by atoms with E-state index in [-0.39, 0.29) is 5.41 Å². The zero-order valence-corrected chi connectivity index (χ0v) is 26.5. The van der Waals surface area contributed by atoms with Gasteiger partial charge < -0.3 is 4.57 Å². The Bertz CT molecular complexity index is 2280. The average Bonchev–Trinajstić information content (AvgIpc) is 3.58. The number of allylic oxidation sites excluding steroid dienone is 1. The molecule has 3 heteroatoms. The molecule has 8 rings (SSSR count). The Kier molecular flexibility index (Phi) is 6.93. The van der Waals surface area contributed by atoms with Crippen molar-refractivity contribution in [3.05, 3.63) is 162 Å². The van der Waals surface area contributed by atoms with Crippen molar-refractivity contribution in [2.45, 2.75) is 25.7 Å². The van der Waals surface area contributed by atoms with Crippen molar-refractivity contribution in [3.8, 4) is 51.9 Å². The van der Waals surface area contributed by atoms with Crippen LogP contribution in [0.2, 0.25) is 0 Å². The van der Waals surface area contributed by atoms with Crippen LogP contribution in [0.3, 0.4) is 0 Å². The van der Waals surface area contributed by atoms with Crippen LogP contribution in [-0.2, 0) is 5.41 Å². The minimum absolute atomic E-state index is 0.0615. The Morgan fingerprint density at radius 2 is 1.28 bits per heavy atom. The summed E-state index contributed by atoms with van der Waals surface area (Å²) in [5, 5.41) is 1.08. The predicted octanol–water partition coefficient (Wildman–Crippen LogP) is 10.6. The lowest BCUT2D eigenvalue weighted by molar-refractivity contribution is 0.563. The fourth-order valence-electron chi connectivity index (χ4n) is 6.99. The first-order valence-electron chi connectivity index (χ1n) is 16.0.